The third kappa shape index (κ3) is 5.94. The van der Waals surface area contributed by atoms with Crippen LogP contribution in [-0.2, 0) is 19.4 Å². The molecule has 0 amide bonds. The molecule has 0 rings (SSSR count). The smallest absolute Gasteiger partial charge is 0.320 e. The van der Waals surface area contributed by atoms with Gasteiger partial charge in [-0.3, -0.25) is 4.79 Å². The number of esters is 1. The highest BCUT2D eigenvalue weighted by atomic mass is 32.2. The SMILES string of the molecule is COC(=O)CS(=O)(=O)CCN=[N+]=[N-]. The van der Waals surface area contributed by atoms with E-state index in [2.05, 4.69) is 14.8 Å². The van der Waals surface area contributed by atoms with E-state index in [0.29, 0.717) is 0 Å². The summed E-state index contributed by atoms with van der Waals surface area (Å²) in [4.78, 5) is 12.9. The van der Waals surface area contributed by atoms with Crippen LogP contribution < -0.4 is 0 Å². The molecular weight excluding hydrogens is 198 g/mol. The maximum atomic E-state index is 11.0. The van der Waals surface area contributed by atoms with Gasteiger partial charge in [-0.1, -0.05) is 5.11 Å². The second-order valence-electron chi connectivity index (χ2n) is 2.12. The number of azide groups is 1. The molecule has 0 aliphatic rings. The topological polar surface area (TPSA) is 109 Å². The normalized spacial score (nSPS) is 10.2. The van der Waals surface area contributed by atoms with E-state index in [0.717, 1.165) is 7.11 Å². The summed E-state index contributed by atoms with van der Waals surface area (Å²) in [6.45, 7) is -0.171. The molecule has 0 aliphatic carbocycles. The van der Waals surface area contributed by atoms with Crippen molar-refractivity contribution in [2.75, 3.05) is 25.2 Å². The van der Waals surface area contributed by atoms with Gasteiger partial charge < -0.3 is 4.74 Å². The van der Waals surface area contributed by atoms with Crippen molar-refractivity contribution >= 4 is 15.8 Å². The van der Waals surface area contributed by atoms with Crippen molar-refractivity contribution in [2.24, 2.45) is 5.11 Å². The lowest BCUT2D eigenvalue weighted by Crippen LogP contribution is -2.21. The van der Waals surface area contributed by atoms with Crippen molar-refractivity contribution in [1.29, 1.82) is 0 Å². The first kappa shape index (κ1) is 11.7. The van der Waals surface area contributed by atoms with E-state index in [4.69, 9.17) is 5.53 Å². The lowest BCUT2D eigenvalue weighted by molar-refractivity contribution is -0.137. The first-order chi connectivity index (χ1) is 6.02. The summed E-state index contributed by atoms with van der Waals surface area (Å²) in [7, 11) is -2.40. The van der Waals surface area contributed by atoms with Crippen molar-refractivity contribution in [3.63, 3.8) is 0 Å². The number of nitrogens with zero attached hydrogens (tertiary/aromatic N) is 3. The Balaban J connectivity index is 4.09. The Bertz CT molecular complexity index is 317. The molecule has 0 fully saturated rings. The Morgan fingerprint density at radius 1 is 1.62 bits per heavy atom. The number of ether oxygens (including phenoxy) is 1. The molecule has 0 unspecified atom stereocenters. The average molecular weight is 207 g/mol. The molecular formula is C5H9N3O4S. The van der Waals surface area contributed by atoms with Gasteiger partial charge in [0, 0.05) is 11.5 Å². The molecule has 0 aromatic carbocycles. The molecule has 0 atom stereocenters. The quantitative estimate of drug-likeness (QED) is 0.271. The molecule has 0 aliphatic heterocycles. The number of carbonyl (C=O) groups excluding carboxylic acids is 1. The molecule has 0 heterocycles. The number of methoxy groups -OCH3 is 1. The molecule has 8 heteroatoms. The first-order valence-electron chi connectivity index (χ1n) is 3.30. The van der Waals surface area contributed by atoms with Gasteiger partial charge in [0.2, 0.25) is 0 Å². The summed E-state index contributed by atoms with van der Waals surface area (Å²) in [6.07, 6.45) is 0. The monoisotopic (exact) mass is 207 g/mol. The van der Waals surface area contributed by atoms with Gasteiger partial charge >= 0.3 is 5.97 Å². The third-order valence-corrected chi connectivity index (χ3v) is 2.61. The van der Waals surface area contributed by atoms with E-state index < -0.39 is 21.6 Å². The zero-order chi connectivity index (χ0) is 10.3. The molecule has 13 heavy (non-hydrogen) atoms. The Hall–Kier alpha value is -1.27. The van der Waals surface area contributed by atoms with E-state index in [-0.39, 0.29) is 12.3 Å². The van der Waals surface area contributed by atoms with Crippen molar-refractivity contribution in [3.8, 4) is 0 Å². The van der Waals surface area contributed by atoms with Crippen LogP contribution in [0.15, 0.2) is 5.11 Å². The number of hydrogen-bond donors (Lipinski definition) is 0. The van der Waals surface area contributed by atoms with Crippen molar-refractivity contribution in [2.45, 2.75) is 0 Å². The Morgan fingerprint density at radius 3 is 2.69 bits per heavy atom. The number of carbonyl (C=O) groups is 1. The maximum absolute atomic E-state index is 11.0. The van der Waals surface area contributed by atoms with Gasteiger partial charge in [0.1, 0.15) is 5.75 Å². The van der Waals surface area contributed by atoms with E-state index in [1.165, 1.54) is 0 Å². The Morgan fingerprint density at radius 2 is 2.23 bits per heavy atom. The van der Waals surface area contributed by atoms with Crippen LogP contribution in [0.1, 0.15) is 0 Å². The molecule has 0 bridgehead atoms. The average Bonchev–Trinajstić information content (AvgIpc) is 2.03. The minimum atomic E-state index is -3.50. The van der Waals surface area contributed by atoms with Gasteiger partial charge in [-0.2, -0.15) is 0 Å². The summed E-state index contributed by atoms with van der Waals surface area (Å²) < 4.78 is 26.2. The number of hydrogen-bond acceptors (Lipinski definition) is 5. The number of sulfone groups is 1. The van der Waals surface area contributed by atoms with E-state index in [1.54, 1.807) is 0 Å². The summed E-state index contributed by atoms with van der Waals surface area (Å²) in [6, 6.07) is 0. The van der Waals surface area contributed by atoms with E-state index >= 15 is 0 Å². The van der Waals surface area contributed by atoms with E-state index in [9.17, 15) is 13.2 Å². The molecule has 0 radical (unpaired) electrons. The Labute approximate surface area is 75.2 Å². The van der Waals surface area contributed by atoms with Gasteiger partial charge in [0.25, 0.3) is 0 Å². The van der Waals surface area contributed by atoms with Crippen molar-refractivity contribution < 1.29 is 17.9 Å². The van der Waals surface area contributed by atoms with Crippen LogP contribution in [0.3, 0.4) is 0 Å². The van der Waals surface area contributed by atoms with Crippen LogP contribution in [0, 0.1) is 0 Å². The number of rotatable bonds is 5. The highest BCUT2D eigenvalue weighted by Crippen LogP contribution is 1.92. The zero-order valence-electron chi connectivity index (χ0n) is 7.00. The highest BCUT2D eigenvalue weighted by molar-refractivity contribution is 7.92. The Kier molecular flexibility index (Phi) is 4.86. The van der Waals surface area contributed by atoms with Crippen molar-refractivity contribution in [1.82, 2.24) is 0 Å². The van der Waals surface area contributed by atoms with Gasteiger partial charge in [-0.05, 0) is 5.53 Å². The zero-order valence-corrected chi connectivity index (χ0v) is 7.82. The molecule has 7 nitrogen and oxygen atoms in total. The van der Waals surface area contributed by atoms with Crippen LogP contribution in [0.5, 0.6) is 0 Å². The van der Waals surface area contributed by atoms with Crippen LogP contribution in [-0.4, -0.2) is 39.5 Å². The van der Waals surface area contributed by atoms with Crippen LogP contribution in [0.4, 0.5) is 0 Å². The molecule has 0 saturated heterocycles. The predicted octanol–water partition coefficient (Wildman–Crippen LogP) is -0.115. The predicted molar refractivity (Wildman–Crippen MR) is 44.7 cm³/mol. The standard InChI is InChI=1S/C5H9N3O4S/c1-12-5(9)4-13(10,11)3-2-7-8-6/h2-4H2,1H3. The van der Waals surface area contributed by atoms with Gasteiger partial charge in [-0.15, -0.1) is 0 Å². The fraction of sp³-hybridized carbons (Fsp3) is 0.800. The van der Waals surface area contributed by atoms with Gasteiger partial charge in [0.15, 0.2) is 9.84 Å². The maximum Gasteiger partial charge on any atom is 0.320 e. The molecule has 0 spiro atoms. The molecule has 0 aromatic heterocycles. The molecule has 0 aromatic rings. The minimum absolute atomic E-state index is 0.171. The summed E-state index contributed by atoms with van der Waals surface area (Å²) >= 11 is 0. The molecule has 0 N–H and O–H groups in total. The second kappa shape index (κ2) is 5.39. The van der Waals surface area contributed by atoms with Crippen LogP contribution in [0.2, 0.25) is 0 Å². The third-order valence-electron chi connectivity index (χ3n) is 1.13. The summed E-state index contributed by atoms with van der Waals surface area (Å²) in [5, 5.41) is 3.04. The minimum Gasteiger partial charge on any atom is -0.468 e. The van der Waals surface area contributed by atoms with Gasteiger partial charge in [0.05, 0.1) is 12.9 Å². The first-order valence-corrected chi connectivity index (χ1v) is 5.12. The summed E-state index contributed by atoms with van der Waals surface area (Å²) in [5.74, 6) is -1.84. The fourth-order valence-electron chi connectivity index (χ4n) is 0.535. The lowest BCUT2D eigenvalue weighted by atomic mass is 10.8. The second-order valence-corrected chi connectivity index (χ2v) is 4.31. The van der Waals surface area contributed by atoms with Crippen LogP contribution in [0.25, 0.3) is 10.4 Å². The van der Waals surface area contributed by atoms with Crippen LogP contribution >= 0.6 is 0 Å². The fourth-order valence-corrected chi connectivity index (χ4v) is 1.52. The molecule has 74 valence electrons. The largest absolute Gasteiger partial charge is 0.468 e. The van der Waals surface area contributed by atoms with Crippen molar-refractivity contribution in [3.05, 3.63) is 10.4 Å². The van der Waals surface area contributed by atoms with E-state index in [1.807, 2.05) is 0 Å². The lowest BCUT2D eigenvalue weighted by Gasteiger charge is -1.99. The summed E-state index contributed by atoms with van der Waals surface area (Å²) in [5.41, 5.74) is 7.86. The molecule has 0 saturated carbocycles. The van der Waals surface area contributed by atoms with Gasteiger partial charge in [-0.25, -0.2) is 8.42 Å². The highest BCUT2D eigenvalue weighted by Gasteiger charge is 2.15.